The van der Waals surface area contributed by atoms with Gasteiger partial charge in [-0.3, -0.25) is 4.68 Å². The molecule has 1 unspecified atom stereocenters. The summed E-state index contributed by atoms with van der Waals surface area (Å²) in [6.45, 7) is 3.05. The summed E-state index contributed by atoms with van der Waals surface area (Å²) >= 11 is 12.3. The molecule has 116 valence electrons. The first kappa shape index (κ1) is 15.1. The van der Waals surface area contributed by atoms with Gasteiger partial charge in [-0.05, 0) is 6.92 Å². The summed E-state index contributed by atoms with van der Waals surface area (Å²) in [4.78, 5) is 21.4. The number of hydrogen-bond acceptors (Lipinski definition) is 6. The van der Waals surface area contributed by atoms with E-state index in [-0.39, 0.29) is 17.1 Å². The van der Waals surface area contributed by atoms with E-state index < -0.39 is 0 Å². The minimum absolute atomic E-state index is 0.0745. The predicted molar refractivity (Wildman–Crippen MR) is 84.1 cm³/mol. The van der Waals surface area contributed by atoms with Gasteiger partial charge in [-0.25, -0.2) is 4.98 Å². The van der Waals surface area contributed by atoms with Crippen LogP contribution in [0.3, 0.4) is 0 Å². The van der Waals surface area contributed by atoms with Gasteiger partial charge in [-0.15, -0.1) is 0 Å². The van der Waals surface area contributed by atoms with Crippen molar-refractivity contribution in [3.05, 3.63) is 27.6 Å². The molecule has 22 heavy (non-hydrogen) atoms. The maximum absolute atomic E-state index is 11.4. The lowest BCUT2D eigenvalue weighted by Crippen LogP contribution is -2.33. The summed E-state index contributed by atoms with van der Waals surface area (Å²) in [7, 11) is 0. The van der Waals surface area contributed by atoms with Gasteiger partial charge in [0.25, 0.3) is 0 Å². The molecule has 1 aliphatic heterocycles. The third-order valence-electron chi connectivity index (χ3n) is 3.63. The third kappa shape index (κ3) is 2.50. The average molecular weight is 341 g/mol. The van der Waals surface area contributed by atoms with Gasteiger partial charge in [0.15, 0.2) is 0 Å². The first-order chi connectivity index (χ1) is 10.5. The monoisotopic (exact) mass is 340 g/mol. The molecule has 7 nitrogen and oxygen atoms in total. The number of nitrogens with zero attached hydrogens (tertiary/aromatic N) is 5. The van der Waals surface area contributed by atoms with Crippen LogP contribution >= 0.6 is 23.2 Å². The Bertz CT molecular complexity index is 732. The van der Waals surface area contributed by atoms with E-state index in [0.29, 0.717) is 36.0 Å². The number of aryl methyl sites for hydroxylation is 1. The van der Waals surface area contributed by atoms with Crippen LogP contribution in [0.25, 0.3) is 0 Å². The van der Waals surface area contributed by atoms with E-state index in [1.165, 1.54) is 0 Å². The second-order valence-corrected chi connectivity index (χ2v) is 5.75. The van der Waals surface area contributed by atoms with Crippen LogP contribution in [-0.2, 0) is 24.3 Å². The highest BCUT2D eigenvalue weighted by Gasteiger charge is 2.34. The molecule has 0 amide bonds. The molecule has 1 atom stereocenters. The zero-order valence-corrected chi connectivity index (χ0v) is 13.3. The number of carbonyl (C=O) groups excluding carboxylic acids is 1. The minimum Gasteiger partial charge on any atom is -0.368 e. The van der Waals surface area contributed by atoms with Crippen molar-refractivity contribution in [1.82, 2.24) is 19.7 Å². The molecule has 2 aromatic heterocycles. The molecular weight excluding hydrogens is 327 g/mol. The van der Waals surface area contributed by atoms with Gasteiger partial charge in [0.05, 0.1) is 17.6 Å². The number of anilines is 2. The SMILES string of the molecule is CCn1cc(Cl)c(CN2c3nc(N)nc(Cl)c3CC2C=O)n1. The largest absolute Gasteiger partial charge is 0.368 e. The highest BCUT2D eigenvalue weighted by Crippen LogP contribution is 2.35. The lowest BCUT2D eigenvalue weighted by atomic mass is 10.2. The van der Waals surface area contributed by atoms with Crippen LogP contribution in [0, 0.1) is 0 Å². The minimum atomic E-state index is -0.383. The first-order valence-electron chi connectivity index (χ1n) is 6.79. The lowest BCUT2D eigenvalue weighted by Gasteiger charge is -2.22. The van der Waals surface area contributed by atoms with Gasteiger partial charge in [-0.2, -0.15) is 10.1 Å². The van der Waals surface area contributed by atoms with Gasteiger partial charge in [0.1, 0.15) is 23.0 Å². The zero-order valence-electron chi connectivity index (χ0n) is 11.8. The number of aromatic nitrogens is 4. The van der Waals surface area contributed by atoms with Crippen molar-refractivity contribution >= 4 is 41.3 Å². The number of rotatable bonds is 4. The van der Waals surface area contributed by atoms with Gasteiger partial charge < -0.3 is 15.4 Å². The topological polar surface area (TPSA) is 89.9 Å². The van der Waals surface area contributed by atoms with Crippen LogP contribution in [0.15, 0.2) is 6.20 Å². The van der Waals surface area contributed by atoms with E-state index in [2.05, 4.69) is 15.1 Å². The third-order valence-corrected chi connectivity index (χ3v) is 4.25. The molecule has 9 heteroatoms. The number of aldehydes is 1. The molecule has 0 radical (unpaired) electrons. The molecule has 3 heterocycles. The molecule has 0 aromatic carbocycles. The van der Waals surface area contributed by atoms with Crippen LogP contribution in [0.5, 0.6) is 0 Å². The molecule has 2 N–H and O–H groups in total. The Balaban J connectivity index is 1.99. The Morgan fingerprint density at radius 2 is 2.23 bits per heavy atom. The Kier molecular flexibility index (Phi) is 3.92. The van der Waals surface area contributed by atoms with E-state index in [4.69, 9.17) is 28.9 Å². The van der Waals surface area contributed by atoms with Crippen molar-refractivity contribution in [2.24, 2.45) is 0 Å². The molecule has 3 rings (SSSR count). The van der Waals surface area contributed by atoms with E-state index in [1.54, 1.807) is 15.8 Å². The lowest BCUT2D eigenvalue weighted by molar-refractivity contribution is -0.108. The van der Waals surface area contributed by atoms with Crippen LogP contribution in [0.2, 0.25) is 10.2 Å². The van der Waals surface area contributed by atoms with Crippen molar-refractivity contribution in [3.63, 3.8) is 0 Å². The van der Waals surface area contributed by atoms with Crippen molar-refractivity contribution in [2.45, 2.75) is 32.5 Å². The fourth-order valence-corrected chi connectivity index (χ4v) is 2.99. The molecule has 1 aliphatic rings. The Morgan fingerprint density at radius 1 is 1.45 bits per heavy atom. The highest BCUT2D eigenvalue weighted by atomic mass is 35.5. The molecule has 0 saturated heterocycles. The van der Waals surface area contributed by atoms with Crippen LogP contribution < -0.4 is 10.6 Å². The van der Waals surface area contributed by atoms with Gasteiger partial charge >= 0.3 is 0 Å². The Hall–Kier alpha value is -1.86. The number of hydrogen-bond donors (Lipinski definition) is 1. The Morgan fingerprint density at radius 3 is 2.86 bits per heavy atom. The maximum Gasteiger partial charge on any atom is 0.223 e. The number of carbonyl (C=O) groups is 1. The van der Waals surface area contributed by atoms with Crippen LogP contribution in [-0.4, -0.2) is 32.1 Å². The highest BCUT2D eigenvalue weighted by molar-refractivity contribution is 6.31. The maximum atomic E-state index is 11.4. The molecule has 0 bridgehead atoms. The fourth-order valence-electron chi connectivity index (χ4n) is 2.53. The second kappa shape index (κ2) is 5.73. The van der Waals surface area contributed by atoms with E-state index in [1.807, 2.05) is 6.92 Å². The number of fused-ring (bicyclic) bond motifs is 1. The second-order valence-electron chi connectivity index (χ2n) is 4.99. The van der Waals surface area contributed by atoms with Crippen molar-refractivity contribution < 1.29 is 4.79 Å². The summed E-state index contributed by atoms with van der Waals surface area (Å²) in [5, 5.41) is 5.23. The zero-order chi connectivity index (χ0) is 15.9. The average Bonchev–Trinajstić information content (AvgIpc) is 3.01. The number of halogens is 2. The van der Waals surface area contributed by atoms with Gasteiger partial charge in [0.2, 0.25) is 5.95 Å². The van der Waals surface area contributed by atoms with E-state index in [0.717, 1.165) is 11.8 Å². The molecule has 0 saturated carbocycles. The summed E-state index contributed by atoms with van der Waals surface area (Å²) in [5.41, 5.74) is 7.06. The number of nitrogens with two attached hydrogens (primary N) is 1. The van der Waals surface area contributed by atoms with Crippen molar-refractivity contribution in [1.29, 1.82) is 0 Å². The molecule has 0 aliphatic carbocycles. The van der Waals surface area contributed by atoms with Gasteiger partial charge in [0, 0.05) is 24.7 Å². The summed E-state index contributed by atoms with van der Waals surface area (Å²) in [6, 6.07) is -0.383. The van der Waals surface area contributed by atoms with Gasteiger partial charge in [-0.1, -0.05) is 23.2 Å². The summed E-state index contributed by atoms with van der Waals surface area (Å²) in [6.07, 6.45) is 3.06. The fraction of sp³-hybridized carbons (Fsp3) is 0.385. The normalized spacial score (nSPS) is 16.9. The molecule has 0 fully saturated rings. The van der Waals surface area contributed by atoms with Crippen molar-refractivity contribution in [3.8, 4) is 0 Å². The summed E-state index contributed by atoms with van der Waals surface area (Å²) < 4.78 is 1.74. The van der Waals surface area contributed by atoms with E-state index in [9.17, 15) is 4.79 Å². The van der Waals surface area contributed by atoms with Crippen molar-refractivity contribution in [2.75, 3.05) is 10.6 Å². The smallest absolute Gasteiger partial charge is 0.223 e. The predicted octanol–water partition coefficient (Wildman–Crippen LogP) is 1.71. The number of nitrogen functional groups attached to an aromatic ring is 1. The first-order valence-corrected chi connectivity index (χ1v) is 7.54. The quantitative estimate of drug-likeness (QED) is 0.673. The molecule has 2 aromatic rings. The summed E-state index contributed by atoms with van der Waals surface area (Å²) in [5.74, 6) is 0.641. The van der Waals surface area contributed by atoms with Crippen LogP contribution in [0.4, 0.5) is 11.8 Å². The molecular formula is C13H14Cl2N6O. The molecule has 0 spiro atoms. The van der Waals surface area contributed by atoms with E-state index >= 15 is 0 Å². The Labute approximate surface area is 137 Å². The standard InChI is InChI=1S/C13H14Cl2N6O/c1-2-20-4-9(14)10(19-20)5-21-7(6-22)3-8-11(15)17-13(16)18-12(8)21/h4,6-7H,2-3,5H2,1H3,(H2,16,17,18). The van der Waals surface area contributed by atoms with Crippen LogP contribution in [0.1, 0.15) is 18.2 Å².